The fourth-order valence-electron chi connectivity index (χ4n) is 0.802. The third kappa shape index (κ3) is 1.56. The molecule has 6 nitrogen and oxygen atoms in total. The van der Waals surface area contributed by atoms with Crippen molar-refractivity contribution < 1.29 is 19.8 Å². The molecule has 0 aliphatic rings. The SMILES string of the molecule is O=C(O)c1c[nH]cc(C(=O)O)c1=O. The molecule has 3 N–H and O–H groups in total. The number of aromatic carboxylic acids is 2. The van der Waals surface area contributed by atoms with Gasteiger partial charge in [0.05, 0.1) is 0 Å². The Morgan fingerprint density at radius 2 is 1.46 bits per heavy atom. The second-order valence-electron chi connectivity index (χ2n) is 2.22. The van der Waals surface area contributed by atoms with Crippen LogP contribution >= 0.6 is 0 Å². The van der Waals surface area contributed by atoms with Crippen LogP contribution in [0.15, 0.2) is 17.2 Å². The zero-order chi connectivity index (χ0) is 10.0. The molecule has 0 aliphatic carbocycles. The van der Waals surface area contributed by atoms with E-state index in [1.807, 2.05) is 0 Å². The summed E-state index contributed by atoms with van der Waals surface area (Å²) >= 11 is 0. The zero-order valence-corrected chi connectivity index (χ0v) is 6.27. The van der Waals surface area contributed by atoms with Gasteiger partial charge in [-0.1, -0.05) is 0 Å². The first-order chi connectivity index (χ1) is 6.04. The van der Waals surface area contributed by atoms with Gasteiger partial charge in [0.2, 0.25) is 5.43 Å². The highest BCUT2D eigenvalue weighted by Gasteiger charge is 2.15. The van der Waals surface area contributed by atoms with E-state index in [0.29, 0.717) is 0 Å². The normalized spacial score (nSPS) is 9.54. The number of rotatable bonds is 2. The number of nitrogens with one attached hydrogen (secondary N) is 1. The van der Waals surface area contributed by atoms with Gasteiger partial charge in [-0.25, -0.2) is 9.59 Å². The number of carboxylic acids is 2. The molecule has 1 aromatic heterocycles. The van der Waals surface area contributed by atoms with E-state index in [0.717, 1.165) is 12.4 Å². The van der Waals surface area contributed by atoms with Crippen molar-refractivity contribution in [3.8, 4) is 0 Å². The summed E-state index contributed by atoms with van der Waals surface area (Å²) in [7, 11) is 0. The van der Waals surface area contributed by atoms with Gasteiger partial charge < -0.3 is 15.2 Å². The lowest BCUT2D eigenvalue weighted by Gasteiger charge is -1.95. The lowest BCUT2D eigenvalue weighted by atomic mass is 10.2. The molecule has 0 atom stereocenters. The summed E-state index contributed by atoms with van der Waals surface area (Å²) in [5.41, 5.74) is -2.17. The molecule has 1 aromatic rings. The third-order valence-electron chi connectivity index (χ3n) is 1.41. The molecule has 0 saturated heterocycles. The summed E-state index contributed by atoms with van der Waals surface area (Å²) in [6.45, 7) is 0. The van der Waals surface area contributed by atoms with Crippen molar-refractivity contribution in [2.24, 2.45) is 0 Å². The number of aromatic amines is 1. The number of aromatic nitrogens is 1. The number of hydrogen-bond acceptors (Lipinski definition) is 3. The van der Waals surface area contributed by atoms with Crippen LogP contribution in [0.25, 0.3) is 0 Å². The van der Waals surface area contributed by atoms with E-state index in [2.05, 4.69) is 4.98 Å². The Bertz CT molecular complexity index is 384. The minimum Gasteiger partial charge on any atom is -0.477 e. The number of pyridine rings is 1. The number of carboxylic acid groups (broad SMARTS) is 2. The van der Waals surface area contributed by atoms with Crippen molar-refractivity contribution in [2.75, 3.05) is 0 Å². The fraction of sp³-hybridized carbons (Fsp3) is 0. The Morgan fingerprint density at radius 3 is 1.77 bits per heavy atom. The number of carbonyl (C=O) groups is 2. The molecule has 0 fully saturated rings. The van der Waals surface area contributed by atoms with Gasteiger partial charge >= 0.3 is 11.9 Å². The van der Waals surface area contributed by atoms with Crippen LogP contribution in [0.5, 0.6) is 0 Å². The molecule has 0 aromatic carbocycles. The standard InChI is InChI=1S/C7H5NO5/c9-5-3(6(10)11)1-8-2-4(5)7(12)13/h1-2H,(H,8,9)(H,10,11)(H,12,13). The van der Waals surface area contributed by atoms with Crippen LogP contribution in [-0.4, -0.2) is 27.1 Å². The maximum Gasteiger partial charge on any atom is 0.341 e. The molecule has 68 valence electrons. The Hall–Kier alpha value is -2.11. The largest absolute Gasteiger partial charge is 0.477 e. The molecular formula is C7H5NO5. The van der Waals surface area contributed by atoms with Crippen molar-refractivity contribution >= 4 is 11.9 Å². The molecule has 0 aliphatic heterocycles. The van der Waals surface area contributed by atoms with Gasteiger partial charge in [-0.05, 0) is 0 Å². The minimum absolute atomic E-state index is 0.583. The monoisotopic (exact) mass is 183 g/mol. The topological polar surface area (TPSA) is 107 Å². The highest BCUT2D eigenvalue weighted by molar-refractivity contribution is 5.92. The van der Waals surface area contributed by atoms with Crippen molar-refractivity contribution in [1.82, 2.24) is 4.98 Å². The average Bonchev–Trinajstić information content (AvgIpc) is 2.03. The molecule has 0 saturated carbocycles. The predicted octanol–water partition coefficient (Wildman–Crippen LogP) is -0.229. The summed E-state index contributed by atoms with van der Waals surface area (Å²) in [4.78, 5) is 34.1. The Kier molecular flexibility index (Phi) is 2.14. The first-order valence-electron chi connectivity index (χ1n) is 3.21. The third-order valence-corrected chi connectivity index (χ3v) is 1.41. The first kappa shape index (κ1) is 8.98. The molecule has 6 heteroatoms. The zero-order valence-electron chi connectivity index (χ0n) is 6.27. The van der Waals surface area contributed by atoms with Crippen LogP contribution in [0.4, 0.5) is 0 Å². The molecular weight excluding hydrogens is 178 g/mol. The number of H-pyrrole nitrogens is 1. The van der Waals surface area contributed by atoms with Gasteiger partial charge in [0.1, 0.15) is 11.1 Å². The van der Waals surface area contributed by atoms with Crippen molar-refractivity contribution in [3.05, 3.63) is 33.7 Å². The summed E-state index contributed by atoms with van der Waals surface area (Å²) in [6.07, 6.45) is 1.88. The highest BCUT2D eigenvalue weighted by atomic mass is 16.4. The minimum atomic E-state index is -1.45. The molecule has 0 bridgehead atoms. The molecule has 0 spiro atoms. The van der Waals surface area contributed by atoms with E-state index in [9.17, 15) is 14.4 Å². The number of hydrogen-bond donors (Lipinski definition) is 3. The van der Waals surface area contributed by atoms with Crippen LogP contribution < -0.4 is 5.43 Å². The summed E-state index contributed by atoms with van der Waals surface area (Å²) < 4.78 is 0. The van der Waals surface area contributed by atoms with Crippen molar-refractivity contribution in [2.45, 2.75) is 0 Å². The quantitative estimate of drug-likeness (QED) is 0.587. The van der Waals surface area contributed by atoms with Crippen molar-refractivity contribution in [3.63, 3.8) is 0 Å². The predicted molar refractivity (Wildman–Crippen MR) is 41.0 cm³/mol. The molecule has 0 amide bonds. The summed E-state index contributed by atoms with van der Waals surface area (Å²) in [5, 5.41) is 16.9. The molecule has 13 heavy (non-hydrogen) atoms. The van der Waals surface area contributed by atoms with E-state index in [1.54, 1.807) is 0 Å². The van der Waals surface area contributed by atoms with Gasteiger partial charge in [0, 0.05) is 12.4 Å². The summed E-state index contributed by atoms with van der Waals surface area (Å²) in [5.74, 6) is -2.91. The maximum atomic E-state index is 11.1. The van der Waals surface area contributed by atoms with Crippen molar-refractivity contribution in [1.29, 1.82) is 0 Å². The Balaban J connectivity index is 3.44. The maximum absolute atomic E-state index is 11.1. The second-order valence-corrected chi connectivity index (χ2v) is 2.22. The highest BCUT2D eigenvalue weighted by Crippen LogP contribution is 1.93. The van der Waals surface area contributed by atoms with Crippen LogP contribution in [-0.2, 0) is 0 Å². The van der Waals surface area contributed by atoms with E-state index >= 15 is 0 Å². The van der Waals surface area contributed by atoms with Crippen LogP contribution in [0.2, 0.25) is 0 Å². The fourth-order valence-corrected chi connectivity index (χ4v) is 0.802. The molecule has 0 radical (unpaired) electrons. The first-order valence-corrected chi connectivity index (χ1v) is 3.21. The van der Waals surface area contributed by atoms with Gasteiger partial charge in [0.25, 0.3) is 0 Å². The lowest BCUT2D eigenvalue weighted by Crippen LogP contribution is -2.21. The van der Waals surface area contributed by atoms with E-state index < -0.39 is 28.5 Å². The van der Waals surface area contributed by atoms with Crippen LogP contribution in [0.1, 0.15) is 20.7 Å². The average molecular weight is 183 g/mol. The summed E-state index contributed by atoms with van der Waals surface area (Å²) in [6, 6.07) is 0. The van der Waals surface area contributed by atoms with Crippen LogP contribution in [0.3, 0.4) is 0 Å². The van der Waals surface area contributed by atoms with E-state index in [-0.39, 0.29) is 0 Å². The van der Waals surface area contributed by atoms with Gasteiger partial charge in [-0.2, -0.15) is 0 Å². The molecule has 1 heterocycles. The Morgan fingerprint density at radius 1 is 1.08 bits per heavy atom. The molecule has 0 unspecified atom stereocenters. The van der Waals surface area contributed by atoms with Gasteiger partial charge in [-0.15, -0.1) is 0 Å². The van der Waals surface area contributed by atoms with E-state index in [4.69, 9.17) is 10.2 Å². The second kappa shape index (κ2) is 3.10. The smallest absolute Gasteiger partial charge is 0.341 e. The Labute approximate surface area is 71.5 Å². The van der Waals surface area contributed by atoms with Crippen LogP contribution in [0, 0.1) is 0 Å². The van der Waals surface area contributed by atoms with E-state index in [1.165, 1.54) is 0 Å². The van der Waals surface area contributed by atoms with Gasteiger partial charge in [0.15, 0.2) is 0 Å². The lowest BCUT2D eigenvalue weighted by molar-refractivity contribution is 0.0694. The molecule has 1 rings (SSSR count). The van der Waals surface area contributed by atoms with Gasteiger partial charge in [-0.3, -0.25) is 4.79 Å².